The zero-order valence-electron chi connectivity index (χ0n) is 11.5. The Morgan fingerprint density at radius 3 is 2.86 bits per heavy atom. The van der Waals surface area contributed by atoms with E-state index in [1.165, 1.54) is 0 Å². The lowest BCUT2D eigenvalue weighted by molar-refractivity contribution is 0.621. The largest absolute Gasteiger partial charge is 0.312 e. The van der Waals surface area contributed by atoms with Gasteiger partial charge in [0.2, 0.25) is 0 Å². The summed E-state index contributed by atoms with van der Waals surface area (Å²) in [4.78, 5) is 19.9. The van der Waals surface area contributed by atoms with Crippen molar-refractivity contribution >= 4 is 10.8 Å². The number of nitrogens with one attached hydrogen (secondary N) is 2. The summed E-state index contributed by atoms with van der Waals surface area (Å²) in [5.74, 6) is 0.664. The summed E-state index contributed by atoms with van der Waals surface area (Å²) in [6, 6.07) is 14.2. The molecule has 104 valence electrons. The van der Waals surface area contributed by atoms with E-state index in [2.05, 4.69) is 28.5 Å². The SMILES string of the molecule is O=c1[nH]c(-c2cccc3ccccc23)nc2c1CNCC2. The van der Waals surface area contributed by atoms with Crippen molar-refractivity contribution in [2.24, 2.45) is 0 Å². The Balaban J connectivity index is 1.97. The minimum Gasteiger partial charge on any atom is -0.312 e. The van der Waals surface area contributed by atoms with E-state index in [-0.39, 0.29) is 5.56 Å². The summed E-state index contributed by atoms with van der Waals surface area (Å²) in [5.41, 5.74) is 2.63. The van der Waals surface area contributed by atoms with Crippen LogP contribution >= 0.6 is 0 Å². The molecule has 21 heavy (non-hydrogen) atoms. The van der Waals surface area contributed by atoms with Gasteiger partial charge in [-0.3, -0.25) is 4.79 Å². The molecule has 4 heteroatoms. The van der Waals surface area contributed by atoms with Gasteiger partial charge >= 0.3 is 0 Å². The first kappa shape index (κ1) is 12.3. The fourth-order valence-corrected chi connectivity index (χ4v) is 2.91. The molecule has 2 heterocycles. The average molecular weight is 277 g/mol. The molecule has 3 aromatic rings. The highest BCUT2D eigenvalue weighted by Crippen LogP contribution is 2.26. The lowest BCUT2D eigenvalue weighted by Gasteiger charge is -2.16. The lowest BCUT2D eigenvalue weighted by Crippen LogP contribution is -2.31. The summed E-state index contributed by atoms with van der Waals surface area (Å²) < 4.78 is 0. The van der Waals surface area contributed by atoms with E-state index in [9.17, 15) is 4.79 Å². The van der Waals surface area contributed by atoms with E-state index in [4.69, 9.17) is 4.98 Å². The number of hydrogen-bond acceptors (Lipinski definition) is 3. The van der Waals surface area contributed by atoms with Crippen molar-refractivity contribution in [2.75, 3.05) is 6.54 Å². The van der Waals surface area contributed by atoms with Gasteiger partial charge in [0.1, 0.15) is 5.82 Å². The van der Waals surface area contributed by atoms with Crippen LogP contribution in [-0.2, 0) is 13.0 Å². The number of benzene rings is 2. The quantitative estimate of drug-likeness (QED) is 0.717. The molecular formula is C17H15N3O. The van der Waals surface area contributed by atoms with Gasteiger partial charge in [0.25, 0.3) is 5.56 Å². The van der Waals surface area contributed by atoms with Crippen LogP contribution in [0.4, 0.5) is 0 Å². The topological polar surface area (TPSA) is 57.8 Å². The normalized spacial score (nSPS) is 14.1. The van der Waals surface area contributed by atoms with Gasteiger partial charge in [-0.05, 0) is 10.8 Å². The Bertz CT molecular complexity index is 877. The summed E-state index contributed by atoms with van der Waals surface area (Å²) in [6.45, 7) is 1.48. The second-order valence-electron chi connectivity index (χ2n) is 5.29. The Kier molecular flexibility index (Phi) is 2.82. The molecular weight excluding hydrogens is 262 g/mol. The molecule has 0 bridgehead atoms. The van der Waals surface area contributed by atoms with Crippen molar-refractivity contribution in [1.82, 2.24) is 15.3 Å². The van der Waals surface area contributed by atoms with Crippen LogP contribution in [0, 0.1) is 0 Å². The minimum atomic E-state index is -0.0323. The van der Waals surface area contributed by atoms with Crippen molar-refractivity contribution in [1.29, 1.82) is 0 Å². The van der Waals surface area contributed by atoms with Crippen molar-refractivity contribution in [3.05, 3.63) is 64.1 Å². The Morgan fingerprint density at radius 2 is 1.90 bits per heavy atom. The molecule has 4 nitrogen and oxygen atoms in total. The molecule has 0 aliphatic carbocycles. The Labute approximate surface area is 121 Å². The zero-order valence-corrected chi connectivity index (χ0v) is 11.5. The summed E-state index contributed by atoms with van der Waals surface area (Å²) in [5, 5.41) is 5.47. The Morgan fingerprint density at radius 1 is 1.05 bits per heavy atom. The molecule has 0 amide bonds. The predicted octanol–water partition coefficient (Wildman–Crippen LogP) is 2.24. The highest BCUT2D eigenvalue weighted by atomic mass is 16.1. The number of aromatic nitrogens is 2. The number of fused-ring (bicyclic) bond motifs is 2. The molecule has 2 N–H and O–H groups in total. The smallest absolute Gasteiger partial charge is 0.255 e. The van der Waals surface area contributed by atoms with Crippen LogP contribution in [0.3, 0.4) is 0 Å². The van der Waals surface area contributed by atoms with Gasteiger partial charge in [-0.25, -0.2) is 4.98 Å². The van der Waals surface area contributed by atoms with Crippen LogP contribution < -0.4 is 10.9 Å². The predicted molar refractivity (Wildman–Crippen MR) is 83.2 cm³/mol. The van der Waals surface area contributed by atoms with Gasteiger partial charge in [-0.2, -0.15) is 0 Å². The van der Waals surface area contributed by atoms with Gasteiger partial charge in [0.15, 0.2) is 0 Å². The molecule has 0 radical (unpaired) electrons. The fourth-order valence-electron chi connectivity index (χ4n) is 2.91. The lowest BCUT2D eigenvalue weighted by atomic mass is 10.0. The number of hydrogen-bond donors (Lipinski definition) is 2. The number of aromatic amines is 1. The molecule has 0 saturated heterocycles. The van der Waals surface area contributed by atoms with Crippen molar-refractivity contribution in [2.45, 2.75) is 13.0 Å². The zero-order chi connectivity index (χ0) is 14.2. The maximum Gasteiger partial charge on any atom is 0.255 e. The fraction of sp³-hybridized carbons (Fsp3) is 0.176. The summed E-state index contributed by atoms with van der Waals surface area (Å²) in [6.07, 6.45) is 0.803. The summed E-state index contributed by atoms with van der Waals surface area (Å²) >= 11 is 0. The van der Waals surface area contributed by atoms with Gasteiger partial charge in [0.05, 0.1) is 11.3 Å². The summed E-state index contributed by atoms with van der Waals surface area (Å²) in [7, 11) is 0. The average Bonchev–Trinajstić information content (AvgIpc) is 2.54. The van der Waals surface area contributed by atoms with E-state index in [1.807, 2.05) is 24.3 Å². The molecule has 0 saturated carbocycles. The van der Waals surface area contributed by atoms with E-state index in [0.29, 0.717) is 12.4 Å². The maximum atomic E-state index is 12.3. The maximum absolute atomic E-state index is 12.3. The molecule has 1 aliphatic rings. The second-order valence-corrected chi connectivity index (χ2v) is 5.29. The standard InChI is InChI=1S/C17H15N3O/c21-17-14-10-18-9-8-15(14)19-16(20-17)13-7-3-5-11-4-1-2-6-12(11)13/h1-7,18H,8-10H2,(H,19,20,21). The third kappa shape index (κ3) is 2.04. The van der Waals surface area contributed by atoms with Crippen LogP contribution in [0.5, 0.6) is 0 Å². The molecule has 4 rings (SSSR count). The highest BCUT2D eigenvalue weighted by molar-refractivity contribution is 5.94. The molecule has 0 unspecified atom stereocenters. The van der Waals surface area contributed by atoms with Crippen LogP contribution in [0.25, 0.3) is 22.2 Å². The third-order valence-corrected chi connectivity index (χ3v) is 3.99. The second kappa shape index (κ2) is 4.82. The highest BCUT2D eigenvalue weighted by Gasteiger charge is 2.16. The monoisotopic (exact) mass is 277 g/mol. The first-order chi connectivity index (χ1) is 10.3. The van der Waals surface area contributed by atoms with E-state index >= 15 is 0 Å². The van der Waals surface area contributed by atoms with Crippen LogP contribution in [-0.4, -0.2) is 16.5 Å². The molecule has 2 aromatic carbocycles. The molecule has 0 atom stereocenters. The van der Waals surface area contributed by atoms with Gasteiger partial charge in [0, 0.05) is 25.1 Å². The molecule has 1 aromatic heterocycles. The molecule has 0 fully saturated rings. The number of nitrogens with zero attached hydrogens (tertiary/aromatic N) is 1. The number of H-pyrrole nitrogens is 1. The third-order valence-electron chi connectivity index (χ3n) is 3.99. The van der Waals surface area contributed by atoms with Crippen molar-refractivity contribution in [3.8, 4) is 11.4 Å². The number of rotatable bonds is 1. The van der Waals surface area contributed by atoms with Crippen molar-refractivity contribution in [3.63, 3.8) is 0 Å². The van der Waals surface area contributed by atoms with Crippen LogP contribution in [0.2, 0.25) is 0 Å². The van der Waals surface area contributed by atoms with E-state index in [0.717, 1.165) is 40.6 Å². The van der Waals surface area contributed by atoms with E-state index in [1.54, 1.807) is 0 Å². The van der Waals surface area contributed by atoms with Gasteiger partial charge in [-0.15, -0.1) is 0 Å². The van der Waals surface area contributed by atoms with Crippen molar-refractivity contribution < 1.29 is 0 Å². The van der Waals surface area contributed by atoms with Crippen LogP contribution in [0.15, 0.2) is 47.3 Å². The van der Waals surface area contributed by atoms with E-state index < -0.39 is 0 Å². The van der Waals surface area contributed by atoms with Gasteiger partial charge in [-0.1, -0.05) is 42.5 Å². The molecule has 1 aliphatic heterocycles. The Hall–Kier alpha value is -2.46. The first-order valence-electron chi connectivity index (χ1n) is 7.14. The van der Waals surface area contributed by atoms with Gasteiger partial charge < -0.3 is 10.3 Å². The molecule has 0 spiro atoms. The minimum absolute atomic E-state index is 0.0323. The van der Waals surface area contributed by atoms with Crippen LogP contribution in [0.1, 0.15) is 11.3 Å². The first-order valence-corrected chi connectivity index (χ1v) is 7.14.